The van der Waals surface area contributed by atoms with E-state index in [4.69, 9.17) is 9.47 Å². The quantitative estimate of drug-likeness (QED) is 0.279. The van der Waals surface area contributed by atoms with Crippen LogP contribution in [0.5, 0.6) is 11.5 Å². The highest BCUT2D eigenvalue weighted by Crippen LogP contribution is 2.53. The van der Waals surface area contributed by atoms with Gasteiger partial charge in [0, 0.05) is 33.6 Å². The molecular formula is C24H25O3S+. The fourth-order valence-electron chi connectivity index (χ4n) is 3.36. The van der Waals surface area contributed by atoms with Gasteiger partial charge >= 0.3 is 0 Å². The third kappa shape index (κ3) is 3.36. The van der Waals surface area contributed by atoms with E-state index in [-0.39, 0.29) is 10.5 Å². The number of ether oxygens (including phenoxy) is 2. The number of fused-ring (bicyclic) bond motifs is 3. The lowest BCUT2D eigenvalue weighted by atomic mass is 10.1. The van der Waals surface area contributed by atoms with Crippen LogP contribution < -0.4 is 9.47 Å². The predicted molar refractivity (Wildman–Crippen MR) is 120 cm³/mol. The molecule has 0 N–H and O–H groups in total. The Balaban J connectivity index is 0.00000109. The van der Waals surface area contributed by atoms with E-state index in [1.165, 1.54) is 15.6 Å². The topological polar surface area (TPSA) is 35.5 Å². The van der Waals surface area contributed by atoms with Gasteiger partial charge in [-0.15, -0.1) is 0 Å². The third-order valence-corrected chi connectivity index (χ3v) is 6.91. The Morgan fingerprint density at radius 3 is 2.36 bits per heavy atom. The van der Waals surface area contributed by atoms with Gasteiger partial charge in [0.2, 0.25) is 4.70 Å². The molecule has 0 saturated heterocycles. The van der Waals surface area contributed by atoms with Gasteiger partial charge in [0.05, 0.1) is 19.6 Å². The number of thiophene rings is 1. The summed E-state index contributed by atoms with van der Waals surface area (Å²) >= 11 is 0. The van der Waals surface area contributed by atoms with Crippen molar-refractivity contribution in [1.29, 1.82) is 0 Å². The van der Waals surface area contributed by atoms with Crippen molar-refractivity contribution < 1.29 is 14.3 Å². The van der Waals surface area contributed by atoms with Gasteiger partial charge in [0.1, 0.15) is 12.0 Å². The average Bonchev–Trinajstić information content (AvgIpc) is 3.08. The first-order valence-corrected chi connectivity index (χ1v) is 10.6. The normalized spacial score (nSPS) is 11.1. The third-order valence-electron chi connectivity index (χ3n) is 4.56. The zero-order chi connectivity index (χ0) is 20.3. The average molecular weight is 394 g/mol. The molecule has 0 bridgehead atoms. The lowest BCUT2D eigenvalue weighted by molar-refractivity contribution is 0.112. The molecule has 1 aromatic heterocycles. The molecule has 3 aromatic carbocycles. The highest BCUT2D eigenvalue weighted by atomic mass is 32.2. The van der Waals surface area contributed by atoms with Gasteiger partial charge in [-0.3, -0.25) is 4.79 Å². The van der Waals surface area contributed by atoms with Gasteiger partial charge in [0.25, 0.3) is 0 Å². The molecule has 0 aliphatic heterocycles. The number of hydrogen-bond acceptors (Lipinski definition) is 3. The molecule has 0 aliphatic carbocycles. The van der Waals surface area contributed by atoms with Gasteiger partial charge in [-0.1, -0.05) is 37.6 Å². The highest BCUT2D eigenvalue weighted by Gasteiger charge is 2.28. The second kappa shape index (κ2) is 8.44. The smallest absolute Gasteiger partial charge is 0.229 e. The summed E-state index contributed by atoms with van der Waals surface area (Å²) in [5.74, 6) is 1.59. The molecule has 0 fully saturated rings. The second-order valence-electron chi connectivity index (χ2n) is 6.20. The zero-order valence-electron chi connectivity index (χ0n) is 16.9. The lowest BCUT2D eigenvalue weighted by Crippen LogP contribution is -1.87. The van der Waals surface area contributed by atoms with E-state index in [0.29, 0.717) is 5.56 Å². The van der Waals surface area contributed by atoms with Crippen molar-refractivity contribution in [2.24, 2.45) is 0 Å². The fraction of sp³-hybridized carbons (Fsp3) is 0.208. The molecule has 144 valence electrons. The summed E-state index contributed by atoms with van der Waals surface area (Å²) in [4.78, 5) is 12.4. The number of methoxy groups -OCH3 is 2. The van der Waals surface area contributed by atoms with E-state index in [9.17, 15) is 4.79 Å². The van der Waals surface area contributed by atoms with Crippen LogP contribution in [-0.2, 0) is 0 Å². The van der Waals surface area contributed by atoms with Crippen LogP contribution in [-0.4, -0.2) is 20.5 Å². The first kappa shape index (κ1) is 19.9. The number of aryl methyl sites for hydroxylation is 1. The Labute approximate surface area is 168 Å². The Kier molecular flexibility index (Phi) is 6.00. The minimum Gasteiger partial charge on any atom is -0.497 e. The second-order valence-corrected chi connectivity index (χ2v) is 8.13. The summed E-state index contributed by atoms with van der Waals surface area (Å²) in [5, 5.41) is 2.34. The molecule has 4 heteroatoms. The minimum absolute atomic E-state index is 0.322. The fourth-order valence-corrected chi connectivity index (χ4v) is 5.86. The van der Waals surface area contributed by atoms with E-state index < -0.39 is 0 Å². The molecule has 1 unspecified atom stereocenters. The Bertz CT molecular complexity index is 1140. The first-order valence-electron chi connectivity index (χ1n) is 9.33. The first-order chi connectivity index (χ1) is 13.7. The van der Waals surface area contributed by atoms with Crippen molar-refractivity contribution in [3.63, 3.8) is 0 Å². The van der Waals surface area contributed by atoms with Gasteiger partial charge in [-0.05, 0) is 31.2 Å². The number of benzene rings is 3. The maximum Gasteiger partial charge on any atom is 0.229 e. The van der Waals surface area contributed by atoms with Gasteiger partial charge < -0.3 is 9.47 Å². The van der Waals surface area contributed by atoms with Crippen molar-refractivity contribution in [2.75, 3.05) is 14.2 Å². The molecule has 4 aromatic rings. The van der Waals surface area contributed by atoms with Crippen molar-refractivity contribution in [2.45, 2.75) is 20.8 Å². The summed E-state index contributed by atoms with van der Waals surface area (Å²) < 4.78 is 13.6. The molecular weight excluding hydrogens is 368 g/mol. The molecule has 3 nitrogen and oxygen atoms in total. The van der Waals surface area contributed by atoms with E-state index in [1.54, 1.807) is 14.2 Å². The van der Waals surface area contributed by atoms with E-state index in [0.717, 1.165) is 32.8 Å². The van der Waals surface area contributed by atoms with E-state index in [2.05, 4.69) is 37.3 Å². The number of carbonyl (C=O) groups excluding carboxylic acids is 1. The summed E-state index contributed by atoms with van der Waals surface area (Å²) in [6.45, 7) is 6.10. The van der Waals surface area contributed by atoms with Crippen LogP contribution in [0.3, 0.4) is 0 Å². The van der Waals surface area contributed by atoms with Gasteiger partial charge in [-0.2, -0.15) is 0 Å². The summed E-state index contributed by atoms with van der Waals surface area (Å²) in [6, 6.07) is 18.4. The van der Waals surface area contributed by atoms with E-state index in [1.807, 2.05) is 38.1 Å². The number of hydrogen-bond donors (Lipinski definition) is 0. The molecule has 0 radical (unpaired) electrons. The predicted octanol–water partition coefficient (Wildman–Crippen LogP) is 6.90. The van der Waals surface area contributed by atoms with E-state index >= 15 is 0 Å². The van der Waals surface area contributed by atoms with Crippen molar-refractivity contribution in [3.8, 4) is 16.4 Å². The molecule has 0 amide bonds. The van der Waals surface area contributed by atoms with Crippen molar-refractivity contribution in [3.05, 3.63) is 65.7 Å². The van der Waals surface area contributed by atoms with Gasteiger partial charge in [-0.25, -0.2) is 0 Å². The molecule has 28 heavy (non-hydrogen) atoms. The largest absolute Gasteiger partial charge is 0.497 e. The Hall–Kier alpha value is -2.85. The van der Waals surface area contributed by atoms with Crippen LogP contribution in [0.1, 0.15) is 29.8 Å². The molecule has 1 atom stereocenters. The lowest BCUT2D eigenvalue weighted by Gasteiger charge is -2.04. The maximum atomic E-state index is 11.3. The summed E-state index contributed by atoms with van der Waals surface area (Å²) in [6.07, 6.45) is 0.894. The SMILES string of the molecule is CC.COc1cc(OC)c2c(c1)c1cc(C)ccc1[s+]2-c1cccc(C=O)c1. The zero-order valence-corrected chi connectivity index (χ0v) is 17.7. The Morgan fingerprint density at radius 2 is 1.68 bits per heavy atom. The number of carbonyl (C=O) groups is 1. The highest BCUT2D eigenvalue weighted by molar-refractivity contribution is 7.50. The minimum atomic E-state index is -0.322. The monoisotopic (exact) mass is 393 g/mol. The molecule has 0 spiro atoms. The summed E-state index contributed by atoms with van der Waals surface area (Å²) in [5.41, 5.74) is 1.90. The molecule has 0 saturated carbocycles. The van der Waals surface area contributed by atoms with Gasteiger partial charge in [0.15, 0.2) is 15.3 Å². The standard InChI is InChI=1S/C22H19O3S.C2H6/c1-14-7-8-21-18(9-14)19-11-16(24-2)12-20(25-3)22(19)26(21)17-6-4-5-15(10-17)13-23;1-2/h4-13H,1-3H3;1-2H3/q+1;. The van der Waals surface area contributed by atoms with Crippen LogP contribution >= 0.6 is 10.5 Å². The molecule has 1 heterocycles. The van der Waals surface area contributed by atoms with Crippen LogP contribution in [0, 0.1) is 6.92 Å². The van der Waals surface area contributed by atoms with Crippen LogP contribution in [0.15, 0.2) is 54.6 Å². The number of aldehydes is 1. The number of rotatable bonds is 4. The van der Waals surface area contributed by atoms with Crippen LogP contribution in [0.4, 0.5) is 0 Å². The van der Waals surface area contributed by atoms with Crippen LogP contribution in [0.2, 0.25) is 0 Å². The van der Waals surface area contributed by atoms with Crippen LogP contribution in [0.25, 0.3) is 25.1 Å². The molecule has 0 aliphatic rings. The van der Waals surface area contributed by atoms with Crippen molar-refractivity contribution in [1.82, 2.24) is 0 Å². The summed E-state index contributed by atoms with van der Waals surface area (Å²) in [7, 11) is 3.03. The maximum absolute atomic E-state index is 11.3. The Morgan fingerprint density at radius 1 is 0.893 bits per heavy atom. The van der Waals surface area contributed by atoms with Crippen molar-refractivity contribution >= 4 is 36.9 Å². The molecule has 4 rings (SSSR count).